The standard InChI is InChI=1S/C23H19F3N4O4/c1-31-19-4-6-27-23-29-21(20-15(25)11-14(12-16(20)26)32-7-5-24)22(30(19)23)28-13-2-3-17-18(10-13)34-9-8-33-17/h2-4,6,10-12,28H,5,7-9H2,1H3. The summed E-state index contributed by atoms with van der Waals surface area (Å²) in [5.74, 6) is -0.149. The van der Waals surface area contributed by atoms with Crippen LogP contribution in [0.5, 0.6) is 23.1 Å². The predicted octanol–water partition coefficient (Wildman–Crippen LogP) is 4.55. The molecular weight excluding hydrogens is 453 g/mol. The van der Waals surface area contributed by atoms with E-state index in [4.69, 9.17) is 18.9 Å². The van der Waals surface area contributed by atoms with Gasteiger partial charge in [0, 0.05) is 36.1 Å². The minimum atomic E-state index is -0.929. The molecule has 8 nitrogen and oxygen atoms in total. The van der Waals surface area contributed by atoms with Gasteiger partial charge in [0.1, 0.15) is 55.4 Å². The lowest BCUT2D eigenvalue weighted by Crippen LogP contribution is -2.15. The van der Waals surface area contributed by atoms with Crippen LogP contribution >= 0.6 is 0 Å². The Morgan fingerprint density at radius 1 is 1.06 bits per heavy atom. The molecule has 1 aliphatic heterocycles. The number of rotatable bonds is 7. The highest BCUT2D eigenvalue weighted by molar-refractivity contribution is 5.81. The van der Waals surface area contributed by atoms with E-state index in [0.717, 1.165) is 12.1 Å². The van der Waals surface area contributed by atoms with Gasteiger partial charge >= 0.3 is 0 Å². The first-order chi connectivity index (χ1) is 16.6. The van der Waals surface area contributed by atoms with Crippen LogP contribution in [0, 0.1) is 11.6 Å². The number of nitrogens with zero attached hydrogens (tertiary/aromatic N) is 3. The molecular formula is C23H19F3N4O4. The number of aromatic nitrogens is 3. The minimum absolute atomic E-state index is 0.0427. The topological polar surface area (TPSA) is 79.1 Å². The highest BCUT2D eigenvalue weighted by Crippen LogP contribution is 2.39. The van der Waals surface area contributed by atoms with Crippen LogP contribution in [0.1, 0.15) is 0 Å². The third-order valence-electron chi connectivity index (χ3n) is 5.10. The second-order valence-corrected chi connectivity index (χ2v) is 7.21. The molecule has 1 aliphatic rings. The van der Waals surface area contributed by atoms with Crippen molar-refractivity contribution in [3.63, 3.8) is 0 Å². The highest BCUT2D eigenvalue weighted by Gasteiger charge is 2.25. The van der Waals surface area contributed by atoms with Crippen LogP contribution in [0.25, 0.3) is 17.0 Å². The molecule has 0 atom stereocenters. The van der Waals surface area contributed by atoms with Crippen LogP contribution in [-0.4, -0.2) is 48.0 Å². The predicted molar refractivity (Wildman–Crippen MR) is 117 cm³/mol. The van der Waals surface area contributed by atoms with E-state index in [1.165, 1.54) is 17.7 Å². The Hall–Kier alpha value is -4.15. The van der Waals surface area contributed by atoms with Gasteiger partial charge in [-0.15, -0.1) is 0 Å². The van der Waals surface area contributed by atoms with E-state index in [9.17, 15) is 4.39 Å². The first kappa shape index (κ1) is 21.7. The maximum Gasteiger partial charge on any atom is 0.238 e. The van der Waals surface area contributed by atoms with Crippen LogP contribution in [0.15, 0.2) is 42.6 Å². The molecule has 0 bridgehead atoms. The van der Waals surface area contributed by atoms with Crippen molar-refractivity contribution < 1.29 is 32.1 Å². The van der Waals surface area contributed by atoms with Crippen molar-refractivity contribution in [2.45, 2.75) is 0 Å². The molecule has 0 amide bonds. The van der Waals surface area contributed by atoms with Gasteiger partial charge in [0.2, 0.25) is 11.7 Å². The summed E-state index contributed by atoms with van der Waals surface area (Å²) in [5, 5.41) is 3.15. The maximum atomic E-state index is 15.1. The summed E-state index contributed by atoms with van der Waals surface area (Å²) < 4.78 is 65.7. The Labute approximate surface area is 191 Å². The van der Waals surface area contributed by atoms with Gasteiger partial charge in [-0.05, 0) is 12.1 Å². The van der Waals surface area contributed by atoms with Crippen molar-refractivity contribution >= 4 is 17.3 Å². The molecule has 0 fully saturated rings. The van der Waals surface area contributed by atoms with Crippen LogP contribution in [0.4, 0.5) is 24.7 Å². The first-order valence-electron chi connectivity index (χ1n) is 10.4. The van der Waals surface area contributed by atoms with Crippen molar-refractivity contribution in [1.29, 1.82) is 0 Å². The zero-order chi connectivity index (χ0) is 23.7. The molecule has 0 radical (unpaired) electrons. The lowest BCUT2D eigenvalue weighted by Gasteiger charge is -2.19. The second-order valence-electron chi connectivity index (χ2n) is 7.21. The molecule has 0 spiro atoms. The van der Waals surface area contributed by atoms with Crippen LogP contribution in [-0.2, 0) is 0 Å². The third-order valence-corrected chi connectivity index (χ3v) is 5.10. The summed E-state index contributed by atoms with van der Waals surface area (Å²) in [5.41, 5.74) is 0.112. The highest BCUT2D eigenvalue weighted by atomic mass is 19.1. The number of alkyl halides is 1. The Bertz CT molecular complexity index is 1340. The maximum absolute atomic E-state index is 15.1. The minimum Gasteiger partial charge on any atom is -0.491 e. The number of ether oxygens (including phenoxy) is 4. The summed E-state index contributed by atoms with van der Waals surface area (Å²) in [6.07, 6.45) is 1.47. The molecule has 3 heterocycles. The van der Waals surface area contributed by atoms with Crippen LogP contribution in [0.3, 0.4) is 0 Å². The number of benzene rings is 2. The van der Waals surface area contributed by atoms with E-state index in [1.54, 1.807) is 24.3 Å². The quantitative estimate of drug-likeness (QED) is 0.423. The summed E-state index contributed by atoms with van der Waals surface area (Å²) in [7, 11) is 1.46. The van der Waals surface area contributed by atoms with Gasteiger partial charge in [-0.2, -0.15) is 0 Å². The molecule has 2 aromatic heterocycles. The normalized spacial score (nSPS) is 12.6. The molecule has 11 heteroatoms. The number of halogens is 3. The molecule has 5 rings (SSSR count). The molecule has 176 valence electrons. The molecule has 0 saturated carbocycles. The molecule has 0 unspecified atom stereocenters. The van der Waals surface area contributed by atoms with Crippen molar-refractivity contribution in [3.8, 4) is 34.4 Å². The Balaban J connectivity index is 1.66. The summed E-state index contributed by atoms with van der Waals surface area (Å²) in [4.78, 5) is 8.56. The number of anilines is 2. The number of hydrogen-bond acceptors (Lipinski definition) is 7. The van der Waals surface area contributed by atoms with Gasteiger partial charge in [-0.25, -0.2) is 27.5 Å². The molecule has 4 aromatic rings. The molecule has 0 saturated heterocycles. The fraction of sp³-hybridized carbons (Fsp3) is 0.217. The number of fused-ring (bicyclic) bond motifs is 2. The Morgan fingerprint density at radius 3 is 2.56 bits per heavy atom. The number of nitrogens with one attached hydrogen (secondary N) is 1. The zero-order valence-corrected chi connectivity index (χ0v) is 18.0. The van der Waals surface area contributed by atoms with E-state index < -0.39 is 23.9 Å². The fourth-order valence-electron chi connectivity index (χ4n) is 3.67. The van der Waals surface area contributed by atoms with Crippen molar-refractivity contribution in [1.82, 2.24) is 14.4 Å². The Morgan fingerprint density at radius 2 is 1.82 bits per heavy atom. The average Bonchev–Trinajstić information content (AvgIpc) is 3.20. The van der Waals surface area contributed by atoms with Crippen molar-refractivity contribution in [2.24, 2.45) is 0 Å². The summed E-state index contributed by atoms with van der Waals surface area (Å²) >= 11 is 0. The Kier molecular flexibility index (Phi) is 5.74. The largest absolute Gasteiger partial charge is 0.491 e. The number of hydrogen-bond donors (Lipinski definition) is 1. The molecule has 1 N–H and O–H groups in total. The van der Waals surface area contributed by atoms with Crippen LogP contribution < -0.4 is 24.3 Å². The first-order valence-corrected chi connectivity index (χ1v) is 10.4. The third kappa shape index (κ3) is 3.89. The number of methoxy groups -OCH3 is 1. The van der Waals surface area contributed by atoms with E-state index in [2.05, 4.69) is 15.3 Å². The molecule has 34 heavy (non-hydrogen) atoms. The van der Waals surface area contributed by atoms with Gasteiger partial charge in [0.15, 0.2) is 11.5 Å². The zero-order valence-electron chi connectivity index (χ0n) is 18.0. The van der Waals surface area contributed by atoms with E-state index in [1.807, 2.05) is 0 Å². The lowest BCUT2D eigenvalue weighted by molar-refractivity contribution is 0.171. The van der Waals surface area contributed by atoms with E-state index >= 15 is 8.78 Å². The van der Waals surface area contributed by atoms with Crippen molar-refractivity contribution in [2.75, 3.05) is 38.9 Å². The second kappa shape index (κ2) is 9.00. The van der Waals surface area contributed by atoms with E-state index in [-0.39, 0.29) is 29.6 Å². The summed E-state index contributed by atoms with van der Waals surface area (Å²) in [6, 6.07) is 8.73. The average molecular weight is 472 g/mol. The van der Waals surface area contributed by atoms with Crippen molar-refractivity contribution in [3.05, 3.63) is 54.2 Å². The smallest absolute Gasteiger partial charge is 0.238 e. The van der Waals surface area contributed by atoms with E-state index in [0.29, 0.717) is 36.3 Å². The van der Waals surface area contributed by atoms with Gasteiger partial charge < -0.3 is 24.3 Å². The SMILES string of the molecule is COc1ccnc2nc(-c3c(F)cc(OCCF)cc3F)c(Nc3ccc4c(c3)OCCO4)n12. The monoisotopic (exact) mass is 472 g/mol. The fourth-order valence-corrected chi connectivity index (χ4v) is 3.67. The van der Waals surface area contributed by atoms with Gasteiger partial charge in [-0.3, -0.25) is 0 Å². The lowest BCUT2D eigenvalue weighted by atomic mass is 10.1. The number of imidazole rings is 1. The van der Waals surface area contributed by atoms with Crippen LogP contribution in [0.2, 0.25) is 0 Å². The van der Waals surface area contributed by atoms with Gasteiger partial charge in [0.25, 0.3) is 0 Å². The van der Waals surface area contributed by atoms with Gasteiger partial charge in [-0.1, -0.05) is 0 Å². The molecule has 0 aliphatic carbocycles. The molecule has 2 aromatic carbocycles. The summed E-state index contributed by atoms with van der Waals surface area (Å²) in [6.45, 7) is -0.247. The van der Waals surface area contributed by atoms with Gasteiger partial charge in [0.05, 0.1) is 12.7 Å².